The van der Waals surface area contributed by atoms with Gasteiger partial charge in [-0.05, 0) is 6.08 Å². The topological polar surface area (TPSA) is 106 Å². The van der Waals surface area contributed by atoms with Crippen molar-refractivity contribution in [2.75, 3.05) is 13.7 Å². The van der Waals surface area contributed by atoms with Gasteiger partial charge in [0.05, 0.1) is 7.11 Å². The molecule has 6 heteroatoms. The van der Waals surface area contributed by atoms with E-state index in [1.807, 2.05) is 0 Å². The number of hydrogen-bond acceptors (Lipinski definition) is 6. The van der Waals surface area contributed by atoms with Crippen LogP contribution in [-0.2, 0) is 9.53 Å². The SMILES string of the molecule is COC(=O)C(=N)/C=C(\N)CN=O. The van der Waals surface area contributed by atoms with Gasteiger partial charge in [0, 0.05) is 5.70 Å². The van der Waals surface area contributed by atoms with Crippen molar-refractivity contribution in [3.05, 3.63) is 16.7 Å². The fourth-order valence-electron chi connectivity index (χ4n) is 0.474. The Bertz CT molecular complexity index is 234. The Morgan fingerprint density at radius 3 is 2.75 bits per heavy atom. The third-order valence-corrected chi connectivity index (χ3v) is 0.982. The van der Waals surface area contributed by atoms with Crippen molar-refractivity contribution in [2.24, 2.45) is 10.9 Å². The van der Waals surface area contributed by atoms with Crippen LogP contribution < -0.4 is 5.73 Å². The van der Waals surface area contributed by atoms with E-state index in [2.05, 4.69) is 9.91 Å². The zero-order valence-electron chi connectivity index (χ0n) is 6.53. The Hall–Kier alpha value is -1.72. The number of rotatable bonds is 4. The highest BCUT2D eigenvalue weighted by Crippen LogP contribution is 1.88. The maximum Gasteiger partial charge on any atom is 0.355 e. The van der Waals surface area contributed by atoms with Gasteiger partial charge < -0.3 is 10.5 Å². The molecule has 0 aliphatic heterocycles. The fraction of sp³-hybridized carbons (Fsp3) is 0.333. The molecule has 0 atom stereocenters. The van der Waals surface area contributed by atoms with E-state index in [0.717, 1.165) is 13.2 Å². The van der Waals surface area contributed by atoms with E-state index in [-0.39, 0.29) is 12.2 Å². The van der Waals surface area contributed by atoms with E-state index < -0.39 is 11.7 Å². The average Bonchev–Trinajstić information content (AvgIpc) is 2.03. The highest BCUT2D eigenvalue weighted by Gasteiger charge is 2.05. The number of carbonyl (C=O) groups excluding carboxylic acids is 1. The molecule has 0 saturated heterocycles. The first-order chi connectivity index (χ1) is 5.61. The van der Waals surface area contributed by atoms with E-state index >= 15 is 0 Å². The van der Waals surface area contributed by atoms with Crippen molar-refractivity contribution in [3.8, 4) is 0 Å². The number of hydrogen-bond donors (Lipinski definition) is 2. The van der Waals surface area contributed by atoms with Crippen LogP contribution >= 0.6 is 0 Å². The van der Waals surface area contributed by atoms with Crippen LogP contribution in [0.3, 0.4) is 0 Å². The molecule has 0 bridgehead atoms. The first-order valence-electron chi connectivity index (χ1n) is 3.03. The van der Waals surface area contributed by atoms with Crippen LogP contribution in [0.5, 0.6) is 0 Å². The summed E-state index contributed by atoms with van der Waals surface area (Å²) < 4.78 is 4.22. The zero-order chi connectivity index (χ0) is 9.56. The molecule has 0 unspecified atom stereocenters. The molecular formula is C6H9N3O3. The van der Waals surface area contributed by atoms with Crippen LogP contribution in [0.1, 0.15) is 0 Å². The normalized spacial score (nSPS) is 10.6. The summed E-state index contributed by atoms with van der Waals surface area (Å²) in [4.78, 5) is 20.3. The van der Waals surface area contributed by atoms with Crippen LogP contribution in [0.4, 0.5) is 0 Å². The third kappa shape index (κ3) is 3.45. The number of nitroso groups, excluding NO2 is 1. The largest absolute Gasteiger partial charge is 0.464 e. The van der Waals surface area contributed by atoms with E-state index in [4.69, 9.17) is 11.1 Å². The number of esters is 1. The molecule has 0 aromatic heterocycles. The van der Waals surface area contributed by atoms with Gasteiger partial charge in [-0.1, -0.05) is 5.18 Å². The monoisotopic (exact) mass is 171 g/mol. The number of methoxy groups -OCH3 is 1. The van der Waals surface area contributed by atoms with Gasteiger partial charge in [0.25, 0.3) is 0 Å². The number of ether oxygens (including phenoxy) is 1. The summed E-state index contributed by atoms with van der Waals surface area (Å²) in [7, 11) is 1.15. The van der Waals surface area contributed by atoms with Crippen LogP contribution in [0.15, 0.2) is 16.9 Å². The minimum Gasteiger partial charge on any atom is -0.464 e. The van der Waals surface area contributed by atoms with Crippen molar-refractivity contribution < 1.29 is 9.53 Å². The summed E-state index contributed by atoms with van der Waals surface area (Å²) in [5.41, 5.74) is 4.85. The molecule has 6 nitrogen and oxygen atoms in total. The lowest BCUT2D eigenvalue weighted by molar-refractivity contribution is -0.132. The lowest BCUT2D eigenvalue weighted by atomic mass is 10.3. The van der Waals surface area contributed by atoms with Crippen LogP contribution in [0.2, 0.25) is 0 Å². The molecule has 0 aliphatic rings. The molecule has 0 fully saturated rings. The summed E-state index contributed by atoms with van der Waals surface area (Å²) in [6, 6.07) is 0. The number of nitrogens with two attached hydrogens (primary N) is 1. The lowest BCUT2D eigenvalue weighted by Gasteiger charge is -1.96. The van der Waals surface area contributed by atoms with Crippen molar-refractivity contribution in [3.63, 3.8) is 0 Å². The van der Waals surface area contributed by atoms with Gasteiger partial charge >= 0.3 is 5.97 Å². The molecule has 0 radical (unpaired) electrons. The Morgan fingerprint density at radius 2 is 2.33 bits per heavy atom. The van der Waals surface area contributed by atoms with Gasteiger partial charge in [-0.15, -0.1) is 0 Å². The summed E-state index contributed by atoms with van der Waals surface area (Å²) >= 11 is 0. The van der Waals surface area contributed by atoms with Crippen molar-refractivity contribution >= 4 is 11.7 Å². The van der Waals surface area contributed by atoms with Crippen molar-refractivity contribution in [2.45, 2.75) is 0 Å². The highest BCUT2D eigenvalue weighted by atomic mass is 16.5. The van der Waals surface area contributed by atoms with E-state index in [1.54, 1.807) is 0 Å². The number of nitrogens with one attached hydrogen (secondary N) is 1. The second kappa shape index (κ2) is 5.00. The molecule has 0 aromatic rings. The Kier molecular flexibility index (Phi) is 4.28. The van der Waals surface area contributed by atoms with Gasteiger partial charge in [0.15, 0.2) is 0 Å². The van der Waals surface area contributed by atoms with Gasteiger partial charge in [-0.2, -0.15) is 4.91 Å². The minimum atomic E-state index is -0.802. The molecule has 12 heavy (non-hydrogen) atoms. The van der Waals surface area contributed by atoms with E-state index in [1.165, 1.54) is 0 Å². The predicted molar refractivity (Wildman–Crippen MR) is 42.7 cm³/mol. The lowest BCUT2D eigenvalue weighted by Crippen LogP contribution is -2.14. The molecule has 0 heterocycles. The van der Waals surface area contributed by atoms with Gasteiger partial charge in [0.2, 0.25) is 0 Å². The predicted octanol–water partition coefficient (Wildman–Crippen LogP) is -0.212. The summed E-state index contributed by atoms with van der Waals surface area (Å²) in [5.74, 6) is -0.802. The third-order valence-electron chi connectivity index (χ3n) is 0.982. The van der Waals surface area contributed by atoms with Crippen LogP contribution in [-0.4, -0.2) is 25.3 Å². The zero-order valence-corrected chi connectivity index (χ0v) is 6.53. The summed E-state index contributed by atoms with van der Waals surface area (Å²) in [6.07, 6.45) is 1.03. The average molecular weight is 171 g/mol. The minimum absolute atomic E-state index is 0.0559. The van der Waals surface area contributed by atoms with E-state index in [9.17, 15) is 9.70 Å². The number of carbonyl (C=O) groups is 1. The summed E-state index contributed by atoms with van der Waals surface area (Å²) in [5, 5.41) is 9.51. The Morgan fingerprint density at radius 1 is 1.75 bits per heavy atom. The molecule has 66 valence electrons. The van der Waals surface area contributed by atoms with E-state index in [0.29, 0.717) is 0 Å². The molecule has 3 N–H and O–H groups in total. The smallest absolute Gasteiger partial charge is 0.355 e. The molecule has 0 aliphatic carbocycles. The molecule has 0 aromatic carbocycles. The quantitative estimate of drug-likeness (QED) is 0.346. The second-order valence-corrected chi connectivity index (χ2v) is 1.91. The number of nitrogens with zero attached hydrogens (tertiary/aromatic N) is 1. The van der Waals surface area contributed by atoms with Crippen LogP contribution in [0, 0.1) is 10.3 Å². The van der Waals surface area contributed by atoms with Crippen molar-refractivity contribution in [1.82, 2.24) is 0 Å². The Balaban J connectivity index is 4.22. The maximum atomic E-state index is 10.6. The molecular weight excluding hydrogens is 162 g/mol. The van der Waals surface area contributed by atoms with Crippen molar-refractivity contribution in [1.29, 1.82) is 5.41 Å². The van der Waals surface area contributed by atoms with Gasteiger partial charge in [-0.25, -0.2) is 4.79 Å². The molecule has 0 rings (SSSR count). The fourth-order valence-corrected chi connectivity index (χ4v) is 0.474. The standard InChI is InChI=1S/C6H9N3O3/c1-12-6(10)5(8)2-4(7)3-9-11/h2,8H,3,7H2,1H3/b4-2-,8-5?. The molecule has 0 saturated carbocycles. The first-order valence-corrected chi connectivity index (χ1v) is 3.03. The van der Waals surface area contributed by atoms with Gasteiger partial charge in [-0.3, -0.25) is 5.41 Å². The highest BCUT2D eigenvalue weighted by molar-refractivity contribution is 6.39. The molecule has 0 amide bonds. The first kappa shape index (κ1) is 10.3. The Labute approximate surface area is 68.9 Å². The maximum absolute atomic E-state index is 10.6. The summed E-state index contributed by atoms with van der Waals surface area (Å²) in [6.45, 7) is -0.237. The van der Waals surface area contributed by atoms with Crippen LogP contribution in [0.25, 0.3) is 0 Å². The van der Waals surface area contributed by atoms with Gasteiger partial charge in [0.1, 0.15) is 12.3 Å². The molecule has 0 spiro atoms. The second-order valence-electron chi connectivity index (χ2n) is 1.91.